The first-order valence-electron chi connectivity index (χ1n) is 7.36. The molecule has 7 heteroatoms. The summed E-state index contributed by atoms with van der Waals surface area (Å²) < 4.78 is 31.9. The summed E-state index contributed by atoms with van der Waals surface area (Å²) >= 11 is 0. The van der Waals surface area contributed by atoms with Gasteiger partial charge < -0.3 is 0 Å². The summed E-state index contributed by atoms with van der Waals surface area (Å²) in [7, 11) is -4.03. The van der Waals surface area contributed by atoms with E-state index >= 15 is 0 Å². The van der Waals surface area contributed by atoms with E-state index in [9.17, 15) is 13.0 Å². The zero-order valence-electron chi connectivity index (χ0n) is 11.5. The molecule has 4 bridgehead atoms. The van der Waals surface area contributed by atoms with E-state index in [4.69, 9.17) is 5.53 Å². The molecule has 20 heavy (non-hydrogen) atoms. The molecule has 4 rings (SSSR count). The zero-order valence-corrected chi connectivity index (χ0v) is 12.3. The molecule has 0 spiro atoms. The highest BCUT2D eigenvalue weighted by Crippen LogP contribution is 2.62. The van der Waals surface area contributed by atoms with Gasteiger partial charge in [-0.3, -0.25) is 4.55 Å². The van der Waals surface area contributed by atoms with E-state index in [1.165, 1.54) is 19.3 Å². The average molecular weight is 299 g/mol. The monoisotopic (exact) mass is 299 g/mol. The van der Waals surface area contributed by atoms with Gasteiger partial charge in [-0.25, -0.2) is 0 Å². The Morgan fingerprint density at radius 3 is 2.10 bits per heavy atom. The second-order valence-electron chi connectivity index (χ2n) is 7.14. The maximum absolute atomic E-state index is 11.3. The van der Waals surface area contributed by atoms with Crippen LogP contribution in [0.15, 0.2) is 5.11 Å². The Labute approximate surface area is 119 Å². The van der Waals surface area contributed by atoms with Crippen molar-refractivity contribution in [1.82, 2.24) is 0 Å². The van der Waals surface area contributed by atoms with Crippen molar-refractivity contribution in [3.05, 3.63) is 10.4 Å². The molecule has 6 nitrogen and oxygen atoms in total. The SMILES string of the molecule is [N-]=[N+]=NCC(CS(=O)(=O)O)C12CC3CC(CC(C3)C1)C2. The van der Waals surface area contributed by atoms with Crippen molar-refractivity contribution >= 4 is 10.1 Å². The van der Waals surface area contributed by atoms with Crippen LogP contribution in [0.3, 0.4) is 0 Å². The van der Waals surface area contributed by atoms with Gasteiger partial charge in [0, 0.05) is 11.5 Å². The van der Waals surface area contributed by atoms with Crippen molar-refractivity contribution in [3.63, 3.8) is 0 Å². The third-order valence-electron chi connectivity index (χ3n) is 5.73. The second-order valence-corrected chi connectivity index (χ2v) is 8.64. The predicted molar refractivity (Wildman–Crippen MR) is 74.5 cm³/mol. The number of rotatable bonds is 5. The Morgan fingerprint density at radius 1 is 1.20 bits per heavy atom. The lowest BCUT2D eigenvalue weighted by molar-refractivity contribution is -0.0802. The molecular weight excluding hydrogens is 278 g/mol. The fourth-order valence-corrected chi connectivity index (χ4v) is 6.46. The highest BCUT2D eigenvalue weighted by molar-refractivity contribution is 7.85. The molecule has 0 aromatic carbocycles. The van der Waals surface area contributed by atoms with Crippen LogP contribution in [0, 0.1) is 29.1 Å². The molecule has 1 atom stereocenters. The number of hydrogen-bond donors (Lipinski definition) is 1. The second kappa shape index (κ2) is 4.90. The van der Waals surface area contributed by atoms with Gasteiger partial charge >= 0.3 is 0 Å². The van der Waals surface area contributed by atoms with E-state index in [0.717, 1.165) is 19.3 Å². The quantitative estimate of drug-likeness (QED) is 0.365. The molecule has 1 N–H and O–H groups in total. The summed E-state index contributed by atoms with van der Waals surface area (Å²) in [6, 6.07) is 0. The molecule has 4 aliphatic rings. The Morgan fingerprint density at radius 2 is 1.70 bits per heavy atom. The fraction of sp³-hybridized carbons (Fsp3) is 1.00. The molecule has 1 unspecified atom stereocenters. The number of hydrogen-bond acceptors (Lipinski definition) is 3. The van der Waals surface area contributed by atoms with E-state index in [0.29, 0.717) is 17.8 Å². The van der Waals surface area contributed by atoms with E-state index in [1.54, 1.807) is 0 Å². The van der Waals surface area contributed by atoms with Gasteiger partial charge in [0.05, 0.1) is 5.75 Å². The molecular formula is C13H21N3O3S. The van der Waals surface area contributed by atoms with Crippen LogP contribution in [0.1, 0.15) is 38.5 Å². The third kappa shape index (κ3) is 2.67. The van der Waals surface area contributed by atoms with Crippen LogP contribution in [0.4, 0.5) is 0 Å². The highest BCUT2D eigenvalue weighted by atomic mass is 32.2. The van der Waals surface area contributed by atoms with Gasteiger partial charge in [-0.15, -0.1) is 0 Å². The van der Waals surface area contributed by atoms with Crippen LogP contribution >= 0.6 is 0 Å². The van der Waals surface area contributed by atoms with Crippen molar-refractivity contribution in [2.75, 3.05) is 12.3 Å². The van der Waals surface area contributed by atoms with E-state index in [1.807, 2.05) is 0 Å². The van der Waals surface area contributed by atoms with Gasteiger partial charge in [0.1, 0.15) is 0 Å². The predicted octanol–water partition coefficient (Wildman–Crippen LogP) is 3.02. The molecule has 4 saturated carbocycles. The summed E-state index contributed by atoms with van der Waals surface area (Å²) in [4.78, 5) is 2.78. The minimum atomic E-state index is -4.03. The zero-order chi connectivity index (χ0) is 14.4. The van der Waals surface area contributed by atoms with Crippen molar-refractivity contribution in [1.29, 1.82) is 0 Å². The number of azide groups is 1. The Bertz CT molecular complexity index is 504. The van der Waals surface area contributed by atoms with Crippen LogP contribution in [-0.4, -0.2) is 25.3 Å². The largest absolute Gasteiger partial charge is 0.286 e. The van der Waals surface area contributed by atoms with Crippen molar-refractivity contribution in [3.8, 4) is 0 Å². The Hall–Kier alpha value is -0.780. The van der Waals surface area contributed by atoms with Gasteiger partial charge in [0.15, 0.2) is 0 Å². The van der Waals surface area contributed by atoms with Crippen LogP contribution in [0.25, 0.3) is 10.4 Å². The number of nitrogens with zero attached hydrogens (tertiary/aromatic N) is 3. The van der Waals surface area contributed by atoms with Gasteiger partial charge in [-0.05, 0) is 73.1 Å². The molecule has 4 aliphatic carbocycles. The van der Waals surface area contributed by atoms with Gasteiger partial charge in [-0.2, -0.15) is 8.42 Å². The molecule has 0 aromatic rings. The summed E-state index contributed by atoms with van der Waals surface area (Å²) in [6.07, 6.45) is 6.96. The first-order chi connectivity index (χ1) is 9.40. The molecule has 0 radical (unpaired) electrons. The lowest BCUT2D eigenvalue weighted by atomic mass is 9.46. The summed E-state index contributed by atoms with van der Waals surface area (Å²) in [5.74, 6) is 1.61. The standard InChI is InChI=1S/C13H21N3O3S/c14-16-15-7-12(8-20(17,18)19)13-4-9-1-10(5-13)3-11(2-9)6-13/h9-12H,1-8H2,(H,17,18,19). The summed E-state index contributed by atoms with van der Waals surface area (Å²) in [5, 5.41) is 3.62. The highest BCUT2D eigenvalue weighted by Gasteiger charge is 2.54. The van der Waals surface area contributed by atoms with E-state index in [2.05, 4.69) is 10.0 Å². The normalized spacial score (nSPS) is 40.4. The first-order valence-corrected chi connectivity index (χ1v) is 8.97. The van der Waals surface area contributed by atoms with E-state index in [-0.39, 0.29) is 23.6 Å². The minimum Gasteiger partial charge on any atom is -0.286 e. The summed E-state index contributed by atoms with van der Waals surface area (Å²) in [5.41, 5.74) is 8.51. The molecule has 0 aliphatic heterocycles. The maximum Gasteiger partial charge on any atom is 0.265 e. The lowest BCUT2D eigenvalue weighted by Crippen LogP contribution is -2.51. The third-order valence-corrected chi connectivity index (χ3v) is 6.55. The van der Waals surface area contributed by atoms with Gasteiger partial charge in [0.25, 0.3) is 10.1 Å². The molecule has 4 fully saturated rings. The van der Waals surface area contributed by atoms with Crippen LogP contribution in [0.5, 0.6) is 0 Å². The van der Waals surface area contributed by atoms with Crippen molar-refractivity contribution in [2.24, 2.45) is 34.2 Å². The van der Waals surface area contributed by atoms with Crippen LogP contribution < -0.4 is 0 Å². The van der Waals surface area contributed by atoms with Crippen molar-refractivity contribution < 1.29 is 13.0 Å². The minimum absolute atomic E-state index is 0.0290. The Kier molecular flexibility index (Phi) is 3.47. The molecule has 0 saturated heterocycles. The first kappa shape index (κ1) is 14.2. The van der Waals surface area contributed by atoms with Gasteiger partial charge in [0.2, 0.25) is 0 Å². The Balaban J connectivity index is 1.87. The summed E-state index contributed by atoms with van der Waals surface area (Å²) in [6.45, 7) is 0.183. The van der Waals surface area contributed by atoms with Crippen LogP contribution in [-0.2, 0) is 10.1 Å². The lowest BCUT2D eigenvalue weighted by Gasteiger charge is -2.59. The van der Waals surface area contributed by atoms with Crippen LogP contribution in [0.2, 0.25) is 0 Å². The molecule has 0 heterocycles. The fourth-order valence-electron chi connectivity index (χ4n) is 5.49. The average Bonchev–Trinajstić information content (AvgIpc) is 2.31. The van der Waals surface area contributed by atoms with Crippen molar-refractivity contribution in [2.45, 2.75) is 38.5 Å². The van der Waals surface area contributed by atoms with E-state index < -0.39 is 10.1 Å². The smallest absolute Gasteiger partial charge is 0.265 e. The molecule has 112 valence electrons. The topological polar surface area (TPSA) is 103 Å². The molecule has 0 amide bonds. The molecule has 0 aromatic heterocycles. The van der Waals surface area contributed by atoms with Gasteiger partial charge in [-0.1, -0.05) is 5.11 Å². The maximum atomic E-state index is 11.3.